The maximum absolute atomic E-state index is 9.69. The average molecular weight is 531 g/mol. The van der Waals surface area contributed by atoms with E-state index in [0.717, 1.165) is 35.1 Å². The smallest absolute Gasteiger partial charge is 0.115 e. The summed E-state index contributed by atoms with van der Waals surface area (Å²) in [6.45, 7) is 0. The van der Waals surface area contributed by atoms with Crippen molar-refractivity contribution < 1.29 is 10.2 Å². The van der Waals surface area contributed by atoms with Crippen molar-refractivity contribution in [3.63, 3.8) is 0 Å². The summed E-state index contributed by atoms with van der Waals surface area (Å²) in [5.41, 5.74) is 12.3. The van der Waals surface area contributed by atoms with Crippen LogP contribution in [0.4, 0.5) is 0 Å². The first kappa shape index (κ1) is 24.9. The molecule has 0 saturated carbocycles. The molecule has 1 aliphatic carbocycles. The maximum atomic E-state index is 9.69. The first-order chi connectivity index (χ1) is 20.1. The number of phenolic OH excluding ortho intramolecular Hbond substituents is 2. The van der Waals surface area contributed by atoms with Gasteiger partial charge in [-0.05, 0) is 92.7 Å². The minimum Gasteiger partial charge on any atom is -0.508 e. The van der Waals surface area contributed by atoms with E-state index in [1.54, 1.807) is 24.3 Å². The van der Waals surface area contributed by atoms with Crippen LogP contribution >= 0.6 is 0 Å². The van der Waals surface area contributed by atoms with E-state index >= 15 is 0 Å². The van der Waals surface area contributed by atoms with Crippen LogP contribution in [0.5, 0.6) is 11.5 Å². The Labute approximate surface area is 240 Å². The first-order valence-electron chi connectivity index (χ1n) is 14.1. The molecule has 0 aliphatic heterocycles. The second-order valence-corrected chi connectivity index (χ2v) is 11.0. The standard InChI is InChI=1S/C39H30O2/c40-33-21-17-31(18-22-33)29-13-9-27(10-14-29)25-39(37-7-3-1-5-35(37)36-6-2-4-8-38(36)39)26-28-11-15-30(16-12-28)32-19-23-34(41)24-20-32/h1-24,40-41H,25-26H2. The lowest BCUT2D eigenvalue weighted by molar-refractivity contribution is 0.475. The molecular weight excluding hydrogens is 500 g/mol. The van der Waals surface area contributed by atoms with Crippen molar-refractivity contribution in [1.29, 1.82) is 0 Å². The average Bonchev–Trinajstić information content (AvgIpc) is 3.28. The fourth-order valence-corrected chi connectivity index (χ4v) is 6.49. The Morgan fingerprint density at radius 2 is 0.683 bits per heavy atom. The van der Waals surface area contributed by atoms with Crippen molar-refractivity contribution in [2.75, 3.05) is 0 Å². The molecular formula is C39H30O2. The van der Waals surface area contributed by atoms with Crippen LogP contribution in [0.3, 0.4) is 0 Å². The molecule has 7 rings (SSSR count). The molecule has 1 aliphatic rings. The molecule has 0 heterocycles. The Morgan fingerprint density at radius 1 is 0.366 bits per heavy atom. The van der Waals surface area contributed by atoms with Gasteiger partial charge in [-0.25, -0.2) is 0 Å². The van der Waals surface area contributed by atoms with Gasteiger partial charge in [0.05, 0.1) is 0 Å². The normalized spacial score (nSPS) is 13.0. The highest BCUT2D eigenvalue weighted by Gasteiger charge is 2.43. The van der Waals surface area contributed by atoms with Gasteiger partial charge in [-0.3, -0.25) is 0 Å². The summed E-state index contributed by atoms with van der Waals surface area (Å²) >= 11 is 0. The molecule has 2 nitrogen and oxygen atoms in total. The highest BCUT2D eigenvalue weighted by Crippen LogP contribution is 2.52. The predicted molar refractivity (Wildman–Crippen MR) is 167 cm³/mol. The molecule has 0 aromatic heterocycles. The number of phenols is 2. The molecule has 6 aromatic carbocycles. The molecule has 0 atom stereocenters. The number of hydrogen-bond donors (Lipinski definition) is 2. The van der Waals surface area contributed by atoms with Crippen molar-refractivity contribution in [3.05, 3.63) is 168 Å². The van der Waals surface area contributed by atoms with Gasteiger partial charge in [0.25, 0.3) is 0 Å². The summed E-state index contributed by atoms with van der Waals surface area (Å²) in [5, 5.41) is 19.4. The van der Waals surface area contributed by atoms with Gasteiger partial charge in [0.1, 0.15) is 11.5 Å². The molecule has 2 N–H and O–H groups in total. The third kappa shape index (κ3) is 4.58. The zero-order chi connectivity index (χ0) is 27.8. The van der Waals surface area contributed by atoms with E-state index in [-0.39, 0.29) is 16.9 Å². The molecule has 41 heavy (non-hydrogen) atoms. The van der Waals surface area contributed by atoms with E-state index in [2.05, 4.69) is 97.1 Å². The predicted octanol–water partition coefficient (Wildman–Crippen LogP) is 9.18. The van der Waals surface area contributed by atoms with Gasteiger partial charge >= 0.3 is 0 Å². The van der Waals surface area contributed by atoms with E-state index in [1.165, 1.54) is 33.4 Å². The van der Waals surface area contributed by atoms with Gasteiger partial charge in [0, 0.05) is 5.41 Å². The summed E-state index contributed by atoms with van der Waals surface area (Å²) in [7, 11) is 0. The molecule has 2 heteroatoms. The molecule has 198 valence electrons. The SMILES string of the molecule is Oc1ccc(-c2ccc(CC3(Cc4ccc(-c5ccc(O)cc5)cc4)c4ccccc4-c4ccccc43)cc2)cc1. The Hall–Kier alpha value is -5.08. The third-order valence-corrected chi connectivity index (χ3v) is 8.50. The summed E-state index contributed by atoms with van der Waals surface area (Å²) in [6, 6.07) is 50.3. The lowest BCUT2D eigenvalue weighted by Gasteiger charge is -2.33. The Kier molecular flexibility index (Phi) is 6.17. The molecule has 0 saturated heterocycles. The van der Waals surface area contributed by atoms with Crippen LogP contribution in [-0.4, -0.2) is 10.2 Å². The maximum Gasteiger partial charge on any atom is 0.115 e. The van der Waals surface area contributed by atoms with Crippen molar-refractivity contribution in [2.24, 2.45) is 0 Å². The zero-order valence-corrected chi connectivity index (χ0v) is 22.7. The second kappa shape index (κ2) is 10.1. The van der Waals surface area contributed by atoms with Gasteiger partial charge in [0.15, 0.2) is 0 Å². The van der Waals surface area contributed by atoms with Gasteiger partial charge in [-0.15, -0.1) is 0 Å². The van der Waals surface area contributed by atoms with Crippen LogP contribution in [0.2, 0.25) is 0 Å². The topological polar surface area (TPSA) is 40.5 Å². The fraction of sp³-hybridized carbons (Fsp3) is 0.0769. The quantitative estimate of drug-likeness (QED) is 0.225. The molecule has 0 unspecified atom stereocenters. The fourth-order valence-electron chi connectivity index (χ4n) is 6.49. The highest BCUT2D eigenvalue weighted by atomic mass is 16.3. The van der Waals surface area contributed by atoms with Crippen LogP contribution in [0.25, 0.3) is 33.4 Å². The van der Waals surface area contributed by atoms with Crippen molar-refractivity contribution in [3.8, 4) is 44.9 Å². The number of hydrogen-bond acceptors (Lipinski definition) is 2. The van der Waals surface area contributed by atoms with Crippen LogP contribution in [0, 0.1) is 0 Å². The van der Waals surface area contributed by atoms with Crippen LogP contribution in [0.1, 0.15) is 22.3 Å². The highest BCUT2D eigenvalue weighted by molar-refractivity contribution is 5.81. The molecule has 0 bridgehead atoms. The minimum atomic E-state index is -0.201. The number of benzene rings is 6. The monoisotopic (exact) mass is 530 g/mol. The van der Waals surface area contributed by atoms with E-state index < -0.39 is 0 Å². The lowest BCUT2D eigenvalue weighted by Crippen LogP contribution is -2.31. The van der Waals surface area contributed by atoms with Crippen molar-refractivity contribution in [2.45, 2.75) is 18.3 Å². The van der Waals surface area contributed by atoms with E-state index in [1.807, 2.05) is 24.3 Å². The van der Waals surface area contributed by atoms with Crippen LogP contribution in [-0.2, 0) is 18.3 Å². The molecule has 0 spiro atoms. The summed E-state index contributed by atoms with van der Waals surface area (Å²) < 4.78 is 0. The van der Waals surface area contributed by atoms with E-state index in [9.17, 15) is 10.2 Å². The zero-order valence-electron chi connectivity index (χ0n) is 22.7. The number of aromatic hydroxyl groups is 2. The summed E-state index contributed by atoms with van der Waals surface area (Å²) in [6.07, 6.45) is 1.77. The van der Waals surface area contributed by atoms with Gasteiger partial charge < -0.3 is 10.2 Å². The Balaban J connectivity index is 1.28. The first-order valence-corrected chi connectivity index (χ1v) is 14.1. The second-order valence-electron chi connectivity index (χ2n) is 11.0. The van der Waals surface area contributed by atoms with Gasteiger partial charge in [-0.1, -0.05) is 121 Å². The Bertz CT molecular complexity index is 1680. The number of fused-ring (bicyclic) bond motifs is 3. The third-order valence-electron chi connectivity index (χ3n) is 8.50. The van der Waals surface area contributed by atoms with Crippen molar-refractivity contribution >= 4 is 0 Å². The van der Waals surface area contributed by atoms with Crippen molar-refractivity contribution in [1.82, 2.24) is 0 Å². The molecule has 6 aromatic rings. The van der Waals surface area contributed by atoms with Gasteiger partial charge in [-0.2, -0.15) is 0 Å². The minimum absolute atomic E-state index is 0.201. The van der Waals surface area contributed by atoms with Crippen LogP contribution in [0.15, 0.2) is 146 Å². The van der Waals surface area contributed by atoms with Gasteiger partial charge in [0.2, 0.25) is 0 Å². The van der Waals surface area contributed by atoms with E-state index in [4.69, 9.17) is 0 Å². The summed E-state index contributed by atoms with van der Waals surface area (Å²) in [5.74, 6) is 0.559. The van der Waals surface area contributed by atoms with E-state index in [0.29, 0.717) is 0 Å². The molecule has 0 fully saturated rings. The molecule has 0 amide bonds. The molecule has 0 radical (unpaired) electrons. The Morgan fingerprint density at radius 3 is 1.05 bits per heavy atom. The largest absolute Gasteiger partial charge is 0.508 e. The van der Waals surface area contributed by atoms with Crippen LogP contribution < -0.4 is 0 Å². The number of rotatable bonds is 6. The lowest BCUT2D eigenvalue weighted by atomic mass is 9.69. The summed E-state index contributed by atoms with van der Waals surface area (Å²) in [4.78, 5) is 0.